The van der Waals surface area contributed by atoms with E-state index < -0.39 is 5.79 Å². The number of hydrogen-bond donors (Lipinski definition) is 0. The zero-order valence-electron chi connectivity index (χ0n) is 12.3. The van der Waals surface area contributed by atoms with E-state index in [1.165, 1.54) is 6.33 Å². The molecule has 2 aliphatic rings. The van der Waals surface area contributed by atoms with Gasteiger partial charge < -0.3 is 14.0 Å². The average Bonchev–Trinajstić information content (AvgIpc) is 3.10. The Labute approximate surface area is 137 Å². The first-order chi connectivity index (χ1) is 10.5. The van der Waals surface area contributed by atoms with Crippen molar-refractivity contribution >= 4 is 34.4 Å². The molecule has 0 spiro atoms. The molecule has 0 amide bonds. The molecule has 116 valence electrons. The highest BCUT2D eigenvalue weighted by Crippen LogP contribution is 2.51. The second-order valence-corrected chi connectivity index (χ2v) is 7.57. The van der Waals surface area contributed by atoms with Crippen molar-refractivity contribution in [3.63, 3.8) is 0 Å². The second-order valence-electron chi connectivity index (χ2n) is 5.92. The molecule has 2 aromatic heterocycles. The standard InChI is InChI=1S/C15H16ClN3O2S/c1-4-9-10-11(21-15(2,3)20-10)14(22-9)19-6-5-8-12(16)17-7-18-13(8)19/h4-7,9-11,14H,1H2,2-3H3/t9-,10+,11+,14+/m0/s1. The molecule has 2 fully saturated rings. The van der Waals surface area contributed by atoms with Gasteiger partial charge in [0.15, 0.2) is 5.79 Å². The quantitative estimate of drug-likeness (QED) is 0.621. The summed E-state index contributed by atoms with van der Waals surface area (Å²) in [4.78, 5) is 8.41. The summed E-state index contributed by atoms with van der Waals surface area (Å²) in [5, 5.41) is 1.57. The molecule has 2 aliphatic heterocycles. The minimum absolute atomic E-state index is 0.00254. The highest BCUT2D eigenvalue weighted by Gasteiger charge is 2.54. The summed E-state index contributed by atoms with van der Waals surface area (Å²) in [6, 6.07) is 1.94. The van der Waals surface area contributed by atoms with E-state index in [0.29, 0.717) is 5.15 Å². The lowest BCUT2D eigenvalue weighted by molar-refractivity contribution is -0.148. The summed E-state index contributed by atoms with van der Waals surface area (Å²) in [5.41, 5.74) is 0.814. The minimum atomic E-state index is -0.578. The van der Waals surface area contributed by atoms with E-state index in [4.69, 9.17) is 21.1 Å². The third-order valence-electron chi connectivity index (χ3n) is 4.03. The lowest BCUT2D eigenvalue weighted by Gasteiger charge is -2.23. The summed E-state index contributed by atoms with van der Waals surface area (Å²) >= 11 is 7.92. The fraction of sp³-hybridized carbons (Fsp3) is 0.467. The Kier molecular flexibility index (Phi) is 3.27. The van der Waals surface area contributed by atoms with E-state index in [2.05, 4.69) is 21.1 Å². The van der Waals surface area contributed by atoms with Crippen LogP contribution in [-0.4, -0.2) is 37.8 Å². The van der Waals surface area contributed by atoms with Crippen molar-refractivity contribution in [1.29, 1.82) is 0 Å². The van der Waals surface area contributed by atoms with Gasteiger partial charge in [0.25, 0.3) is 0 Å². The van der Waals surface area contributed by atoms with E-state index in [9.17, 15) is 0 Å². The fourth-order valence-electron chi connectivity index (χ4n) is 3.17. The van der Waals surface area contributed by atoms with Crippen LogP contribution < -0.4 is 0 Å². The lowest BCUT2D eigenvalue weighted by Crippen LogP contribution is -2.27. The van der Waals surface area contributed by atoms with Gasteiger partial charge in [-0.1, -0.05) is 17.7 Å². The molecule has 0 aromatic carbocycles. The molecule has 2 aromatic rings. The highest BCUT2D eigenvalue weighted by atomic mass is 35.5. The smallest absolute Gasteiger partial charge is 0.163 e. The maximum Gasteiger partial charge on any atom is 0.163 e. The normalized spacial score (nSPS) is 33.2. The van der Waals surface area contributed by atoms with Gasteiger partial charge in [0.05, 0.1) is 10.6 Å². The van der Waals surface area contributed by atoms with Crippen LogP contribution in [-0.2, 0) is 9.47 Å². The van der Waals surface area contributed by atoms with Crippen LogP contribution in [0.2, 0.25) is 5.15 Å². The monoisotopic (exact) mass is 337 g/mol. The first-order valence-electron chi connectivity index (χ1n) is 7.11. The van der Waals surface area contributed by atoms with E-state index in [-0.39, 0.29) is 22.8 Å². The van der Waals surface area contributed by atoms with Gasteiger partial charge in [-0.05, 0) is 19.9 Å². The molecule has 0 aliphatic carbocycles. The van der Waals surface area contributed by atoms with Crippen molar-refractivity contribution in [2.75, 3.05) is 0 Å². The zero-order chi connectivity index (χ0) is 15.5. The van der Waals surface area contributed by atoms with E-state index in [1.807, 2.05) is 32.2 Å². The Morgan fingerprint density at radius 2 is 2.14 bits per heavy atom. The Balaban J connectivity index is 1.78. The van der Waals surface area contributed by atoms with Gasteiger partial charge in [0, 0.05) is 6.20 Å². The number of halogens is 1. The van der Waals surface area contributed by atoms with Gasteiger partial charge in [0.1, 0.15) is 34.7 Å². The van der Waals surface area contributed by atoms with E-state index in [1.54, 1.807) is 11.8 Å². The van der Waals surface area contributed by atoms with Crippen molar-refractivity contribution in [2.24, 2.45) is 0 Å². The summed E-state index contributed by atoms with van der Waals surface area (Å²) < 4.78 is 14.3. The first kappa shape index (κ1) is 14.5. The van der Waals surface area contributed by atoms with Crippen molar-refractivity contribution in [3.05, 3.63) is 36.4 Å². The Morgan fingerprint density at radius 1 is 1.36 bits per heavy atom. The van der Waals surface area contributed by atoms with Gasteiger partial charge in [-0.2, -0.15) is 0 Å². The molecule has 0 unspecified atom stereocenters. The molecule has 22 heavy (non-hydrogen) atoms. The summed E-state index contributed by atoms with van der Waals surface area (Å²) in [6.45, 7) is 7.82. The minimum Gasteiger partial charge on any atom is -0.343 e. The highest BCUT2D eigenvalue weighted by molar-refractivity contribution is 8.00. The third-order valence-corrected chi connectivity index (χ3v) is 5.88. The SMILES string of the molecule is C=C[C@@H]1S[C@@H](n2ccc3c(Cl)ncnc32)[C@@H]2OC(C)(C)O[C@@H]21. The second kappa shape index (κ2) is 4.96. The summed E-state index contributed by atoms with van der Waals surface area (Å²) in [5.74, 6) is -0.578. The molecule has 0 saturated carbocycles. The van der Waals surface area contributed by atoms with Crippen LogP contribution in [0.1, 0.15) is 19.2 Å². The zero-order valence-corrected chi connectivity index (χ0v) is 13.8. The largest absolute Gasteiger partial charge is 0.343 e. The molecule has 0 bridgehead atoms. The number of thioether (sulfide) groups is 1. The maximum atomic E-state index is 6.15. The molecule has 4 atom stereocenters. The number of rotatable bonds is 2. The molecule has 4 rings (SSSR count). The maximum absolute atomic E-state index is 6.15. The third kappa shape index (κ3) is 2.09. The number of hydrogen-bond acceptors (Lipinski definition) is 5. The van der Waals surface area contributed by atoms with Crippen LogP contribution in [0.5, 0.6) is 0 Å². The molecule has 5 nitrogen and oxygen atoms in total. The Morgan fingerprint density at radius 3 is 2.91 bits per heavy atom. The fourth-order valence-corrected chi connectivity index (χ4v) is 4.82. The number of aromatic nitrogens is 3. The van der Waals surface area contributed by atoms with Crippen LogP contribution >= 0.6 is 23.4 Å². The van der Waals surface area contributed by atoms with Gasteiger partial charge in [-0.25, -0.2) is 9.97 Å². The molecular weight excluding hydrogens is 322 g/mol. The molecule has 0 N–H and O–H groups in total. The van der Waals surface area contributed by atoms with E-state index in [0.717, 1.165) is 11.0 Å². The topological polar surface area (TPSA) is 49.2 Å². The van der Waals surface area contributed by atoms with Crippen LogP contribution in [0, 0.1) is 0 Å². The average molecular weight is 338 g/mol. The molecular formula is C15H16ClN3O2S. The molecule has 4 heterocycles. The number of nitrogens with zero attached hydrogens (tertiary/aromatic N) is 3. The van der Waals surface area contributed by atoms with Crippen molar-refractivity contribution in [1.82, 2.24) is 14.5 Å². The lowest BCUT2D eigenvalue weighted by atomic mass is 10.1. The van der Waals surface area contributed by atoms with Crippen LogP contribution in [0.4, 0.5) is 0 Å². The van der Waals surface area contributed by atoms with Crippen molar-refractivity contribution in [3.8, 4) is 0 Å². The summed E-state index contributed by atoms with van der Waals surface area (Å²) in [7, 11) is 0. The molecule has 2 saturated heterocycles. The molecule has 7 heteroatoms. The van der Waals surface area contributed by atoms with Gasteiger partial charge >= 0.3 is 0 Å². The Bertz CT molecular complexity index is 747. The first-order valence-corrected chi connectivity index (χ1v) is 8.43. The predicted octanol–water partition coefficient (Wildman–Crippen LogP) is 3.40. The van der Waals surface area contributed by atoms with Gasteiger partial charge in [0.2, 0.25) is 0 Å². The van der Waals surface area contributed by atoms with Crippen molar-refractivity contribution < 1.29 is 9.47 Å². The number of fused-ring (bicyclic) bond motifs is 2. The van der Waals surface area contributed by atoms with Crippen molar-refractivity contribution in [2.45, 2.75) is 42.5 Å². The van der Waals surface area contributed by atoms with Crippen LogP contribution in [0.3, 0.4) is 0 Å². The summed E-state index contributed by atoms with van der Waals surface area (Å²) in [6.07, 6.45) is 5.35. The number of ether oxygens (including phenoxy) is 2. The van der Waals surface area contributed by atoms with Crippen LogP contribution in [0.25, 0.3) is 11.0 Å². The van der Waals surface area contributed by atoms with Crippen LogP contribution in [0.15, 0.2) is 31.2 Å². The van der Waals surface area contributed by atoms with Gasteiger partial charge in [-0.15, -0.1) is 18.3 Å². The molecule has 0 radical (unpaired) electrons. The van der Waals surface area contributed by atoms with Gasteiger partial charge in [-0.3, -0.25) is 0 Å². The van der Waals surface area contributed by atoms with E-state index >= 15 is 0 Å². The predicted molar refractivity (Wildman–Crippen MR) is 87.0 cm³/mol. The Hall–Kier alpha value is -1.08.